The number of likely N-dealkylation sites (tertiary alicyclic amines) is 1. The first kappa shape index (κ1) is 10.0. The molecule has 0 aromatic carbocycles. The molecule has 0 aliphatic carbocycles. The van der Waals surface area contributed by atoms with Crippen LogP contribution in [0.1, 0.15) is 19.8 Å². The highest BCUT2D eigenvalue weighted by atomic mass is 16.1. The maximum Gasteiger partial charge on any atom is 0.234 e. The minimum absolute atomic E-state index is 0.163. The van der Waals surface area contributed by atoms with Gasteiger partial charge in [-0.15, -0.1) is 0 Å². The van der Waals surface area contributed by atoms with Crippen molar-refractivity contribution in [2.75, 3.05) is 13.1 Å². The summed E-state index contributed by atoms with van der Waals surface area (Å²) in [6, 6.07) is 2.05. The van der Waals surface area contributed by atoms with Gasteiger partial charge in [0, 0.05) is 19.0 Å². The topological polar surface area (TPSA) is 70.1 Å². The normalized spacial score (nSPS) is 22.2. The van der Waals surface area contributed by atoms with Gasteiger partial charge in [-0.2, -0.15) is 5.26 Å². The molecule has 1 atom stereocenters. The summed E-state index contributed by atoms with van der Waals surface area (Å²) >= 11 is 0. The van der Waals surface area contributed by atoms with Gasteiger partial charge in [-0.25, -0.2) is 0 Å². The lowest BCUT2D eigenvalue weighted by Crippen LogP contribution is -2.46. The molecule has 1 amide bonds. The van der Waals surface area contributed by atoms with Gasteiger partial charge in [0.2, 0.25) is 5.91 Å². The summed E-state index contributed by atoms with van der Waals surface area (Å²) in [7, 11) is 0. The molecule has 1 aliphatic heterocycles. The van der Waals surface area contributed by atoms with Crippen LogP contribution in [0.15, 0.2) is 0 Å². The number of primary amides is 1. The van der Waals surface area contributed by atoms with Crippen LogP contribution in [0.25, 0.3) is 0 Å². The Hall–Kier alpha value is -1.08. The van der Waals surface area contributed by atoms with Crippen LogP contribution in [0.5, 0.6) is 0 Å². The van der Waals surface area contributed by atoms with Crippen LogP contribution in [-0.4, -0.2) is 29.9 Å². The number of hydrogen-bond acceptors (Lipinski definition) is 3. The fraction of sp³-hybridized carbons (Fsp3) is 0.778. The molecule has 72 valence electrons. The number of nitrogens with zero attached hydrogens (tertiary/aromatic N) is 2. The first-order chi connectivity index (χ1) is 6.15. The quantitative estimate of drug-likeness (QED) is 0.656. The van der Waals surface area contributed by atoms with E-state index in [1.807, 2.05) is 11.8 Å². The Morgan fingerprint density at radius 3 is 2.54 bits per heavy atom. The summed E-state index contributed by atoms with van der Waals surface area (Å²) in [5.74, 6) is -0.119. The molecule has 4 heteroatoms. The number of rotatable bonds is 2. The molecule has 0 radical (unpaired) electrons. The Bertz CT molecular complexity index is 226. The SMILES string of the molecule is CC(C(N)=O)N1CCC(C#N)CC1. The number of carbonyl (C=O) groups excluding carboxylic acids is 1. The standard InChI is InChI=1S/C9H15N3O/c1-7(9(11)13)12-4-2-8(6-10)3-5-12/h7-8H,2-5H2,1H3,(H2,11,13). The molecule has 1 heterocycles. The second-order valence-electron chi connectivity index (χ2n) is 3.52. The van der Waals surface area contributed by atoms with Crippen molar-refractivity contribution in [2.45, 2.75) is 25.8 Å². The van der Waals surface area contributed by atoms with E-state index in [4.69, 9.17) is 11.0 Å². The van der Waals surface area contributed by atoms with Gasteiger partial charge in [0.05, 0.1) is 12.1 Å². The van der Waals surface area contributed by atoms with Gasteiger partial charge in [-0.1, -0.05) is 0 Å². The zero-order valence-electron chi connectivity index (χ0n) is 7.86. The van der Waals surface area contributed by atoms with E-state index in [0.717, 1.165) is 25.9 Å². The molecule has 1 rings (SSSR count). The number of piperidine rings is 1. The average Bonchev–Trinajstić information content (AvgIpc) is 2.17. The van der Waals surface area contributed by atoms with Crippen molar-refractivity contribution in [2.24, 2.45) is 11.7 Å². The summed E-state index contributed by atoms with van der Waals surface area (Å²) in [6.07, 6.45) is 1.71. The van der Waals surface area contributed by atoms with Crippen molar-refractivity contribution < 1.29 is 4.79 Å². The molecule has 0 saturated carbocycles. The Morgan fingerprint density at radius 2 is 2.15 bits per heavy atom. The van der Waals surface area contributed by atoms with E-state index in [0.29, 0.717) is 0 Å². The van der Waals surface area contributed by atoms with Gasteiger partial charge in [0.15, 0.2) is 0 Å². The van der Waals surface area contributed by atoms with Crippen molar-refractivity contribution in [1.82, 2.24) is 4.90 Å². The number of nitriles is 1. The number of carbonyl (C=O) groups is 1. The molecule has 1 unspecified atom stereocenters. The minimum Gasteiger partial charge on any atom is -0.368 e. The lowest BCUT2D eigenvalue weighted by Gasteiger charge is -2.32. The Morgan fingerprint density at radius 1 is 1.62 bits per heavy atom. The van der Waals surface area contributed by atoms with Crippen molar-refractivity contribution in [1.29, 1.82) is 5.26 Å². The lowest BCUT2D eigenvalue weighted by molar-refractivity contribution is -0.123. The first-order valence-corrected chi connectivity index (χ1v) is 4.58. The summed E-state index contributed by atoms with van der Waals surface area (Å²) in [4.78, 5) is 12.9. The highest BCUT2D eigenvalue weighted by Gasteiger charge is 2.24. The van der Waals surface area contributed by atoms with Gasteiger partial charge in [-0.05, 0) is 19.8 Å². The summed E-state index contributed by atoms with van der Waals surface area (Å²) in [6.45, 7) is 3.43. The maximum absolute atomic E-state index is 10.9. The summed E-state index contributed by atoms with van der Waals surface area (Å²) in [5, 5.41) is 8.66. The second-order valence-corrected chi connectivity index (χ2v) is 3.52. The monoisotopic (exact) mass is 181 g/mol. The molecule has 0 aromatic heterocycles. The molecule has 0 bridgehead atoms. The van der Waals surface area contributed by atoms with E-state index in [9.17, 15) is 4.79 Å². The molecular formula is C9H15N3O. The van der Waals surface area contributed by atoms with Crippen LogP contribution in [0.3, 0.4) is 0 Å². The minimum atomic E-state index is -0.282. The molecule has 4 nitrogen and oxygen atoms in total. The van der Waals surface area contributed by atoms with Gasteiger partial charge >= 0.3 is 0 Å². The third kappa shape index (κ3) is 2.43. The van der Waals surface area contributed by atoms with E-state index in [2.05, 4.69) is 6.07 Å². The molecular weight excluding hydrogens is 166 g/mol. The largest absolute Gasteiger partial charge is 0.368 e. The average molecular weight is 181 g/mol. The van der Waals surface area contributed by atoms with E-state index < -0.39 is 0 Å². The van der Waals surface area contributed by atoms with Crippen molar-refractivity contribution in [3.63, 3.8) is 0 Å². The fourth-order valence-corrected chi connectivity index (χ4v) is 1.60. The zero-order valence-corrected chi connectivity index (χ0v) is 7.86. The van der Waals surface area contributed by atoms with Gasteiger partial charge in [0.25, 0.3) is 0 Å². The lowest BCUT2D eigenvalue weighted by atomic mass is 9.97. The van der Waals surface area contributed by atoms with E-state index in [1.165, 1.54) is 0 Å². The van der Waals surface area contributed by atoms with Gasteiger partial charge < -0.3 is 5.73 Å². The Kier molecular flexibility index (Phi) is 3.26. The maximum atomic E-state index is 10.9. The van der Waals surface area contributed by atoms with E-state index in [-0.39, 0.29) is 17.9 Å². The number of nitrogens with two attached hydrogens (primary N) is 1. The zero-order chi connectivity index (χ0) is 9.84. The highest BCUT2D eigenvalue weighted by Crippen LogP contribution is 2.17. The van der Waals surface area contributed by atoms with Crippen molar-refractivity contribution in [3.8, 4) is 6.07 Å². The molecule has 0 aromatic rings. The van der Waals surface area contributed by atoms with Crippen LogP contribution in [0, 0.1) is 17.2 Å². The molecule has 1 saturated heterocycles. The number of hydrogen-bond donors (Lipinski definition) is 1. The Labute approximate surface area is 78.3 Å². The van der Waals surface area contributed by atoms with Crippen LogP contribution in [-0.2, 0) is 4.79 Å². The molecule has 0 spiro atoms. The van der Waals surface area contributed by atoms with Crippen molar-refractivity contribution >= 4 is 5.91 Å². The smallest absolute Gasteiger partial charge is 0.234 e. The van der Waals surface area contributed by atoms with Crippen LogP contribution in [0.4, 0.5) is 0 Å². The summed E-state index contributed by atoms with van der Waals surface area (Å²) < 4.78 is 0. The third-order valence-corrected chi connectivity index (χ3v) is 2.67. The predicted octanol–water partition coefficient (Wildman–Crippen LogP) is 0.0958. The van der Waals surface area contributed by atoms with E-state index in [1.54, 1.807) is 0 Å². The molecule has 13 heavy (non-hydrogen) atoms. The van der Waals surface area contributed by atoms with Crippen LogP contribution >= 0.6 is 0 Å². The fourth-order valence-electron chi connectivity index (χ4n) is 1.60. The first-order valence-electron chi connectivity index (χ1n) is 4.58. The third-order valence-electron chi connectivity index (χ3n) is 2.67. The predicted molar refractivity (Wildman–Crippen MR) is 48.6 cm³/mol. The molecule has 1 aliphatic rings. The van der Waals surface area contributed by atoms with Gasteiger partial charge in [-0.3, -0.25) is 9.69 Å². The number of amides is 1. The van der Waals surface area contributed by atoms with Crippen molar-refractivity contribution in [3.05, 3.63) is 0 Å². The van der Waals surface area contributed by atoms with Crippen LogP contribution < -0.4 is 5.73 Å². The highest BCUT2D eigenvalue weighted by molar-refractivity contribution is 5.79. The molecule has 2 N–H and O–H groups in total. The summed E-state index contributed by atoms with van der Waals surface area (Å²) in [5.41, 5.74) is 5.19. The van der Waals surface area contributed by atoms with Crippen LogP contribution in [0.2, 0.25) is 0 Å². The van der Waals surface area contributed by atoms with E-state index >= 15 is 0 Å². The Balaban J connectivity index is 2.41. The molecule has 1 fully saturated rings. The second kappa shape index (κ2) is 4.24. The van der Waals surface area contributed by atoms with Gasteiger partial charge in [0.1, 0.15) is 0 Å².